The van der Waals surface area contributed by atoms with Crippen LogP contribution in [0.2, 0.25) is 10.0 Å². The third-order valence-electron chi connectivity index (χ3n) is 2.74. The zero-order valence-corrected chi connectivity index (χ0v) is 11.5. The van der Waals surface area contributed by atoms with Crippen LogP contribution in [0.15, 0.2) is 18.2 Å². The lowest BCUT2D eigenvalue weighted by Gasteiger charge is -2.21. The molecule has 0 fully saturated rings. The molecule has 2 unspecified atom stereocenters. The van der Waals surface area contributed by atoms with Crippen LogP contribution in [0.3, 0.4) is 0 Å². The van der Waals surface area contributed by atoms with Gasteiger partial charge in [-0.05, 0) is 37.1 Å². The molecule has 0 saturated carbocycles. The summed E-state index contributed by atoms with van der Waals surface area (Å²) in [5, 5.41) is 13.5. The minimum atomic E-state index is 0.0829. The zero-order chi connectivity index (χ0) is 12.8. The summed E-state index contributed by atoms with van der Waals surface area (Å²) < 4.78 is 0. The highest BCUT2D eigenvalue weighted by atomic mass is 35.5. The van der Waals surface area contributed by atoms with Crippen LogP contribution >= 0.6 is 23.2 Å². The lowest BCUT2D eigenvalue weighted by atomic mass is 10.1. The summed E-state index contributed by atoms with van der Waals surface area (Å²) in [6, 6.07) is 7.87. The van der Waals surface area contributed by atoms with Crippen molar-refractivity contribution in [2.45, 2.75) is 38.8 Å². The standard InChI is InChI=1S/C13H16Cl2N2/c1-3-11(6-7-16)17-9(2)12-8-10(14)4-5-13(12)15/h4-5,8-9,11,17H,3,6H2,1-2H3. The molecule has 2 atom stereocenters. The summed E-state index contributed by atoms with van der Waals surface area (Å²) in [4.78, 5) is 0. The molecule has 0 radical (unpaired) electrons. The van der Waals surface area contributed by atoms with Crippen molar-refractivity contribution >= 4 is 23.2 Å². The number of nitrogens with one attached hydrogen (secondary N) is 1. The van der Waals surface area contributed by atoms with Crippen molar-refractivity contribution < 1.29 is 0 Å². The van der Waals surface area contributed by atoms with Gasteiger partial charge in [-0.15, -0.1) is 0 Å². The SMILES string of the molecule is CCC(CC#N)NC(C)c1cc(Cl)ccc1Cl. The van der Waals surface area contributed by atoms with E-state index in [4.69, 9.17) is 28.5 Å². The number of nitrogens with zero attached hydrogens (tertiary/aromatic N) is 1. The third-order valence-corrected chi connectivity index (χ3v) is 3.32. The van der Waals surface area contributed by atoms with E-state index >= 15 is 0 Å². The van der Waals surface area contributed by atoms with Gasteiger partial charge in [-0.2, -0.15) is 5.26 Å². The molecule has 17 heavy (non-hydrogen) atoms. The van der Waals surface area contributed by atoms with Crippen molar-refractivity contribution in [3.05, 3.63) is 33.8 Å². The maximum Gasteiger partial charge on any atom is 0.0638 e. The lowest BCUT2D eigenvalue weighted by molar-refractivity contribution is 0.448. The molecule has 1 aromatic carbocycles. The molecule has 2 nitrogen and oxygen atoms in total. The van der Waals surface area contributed by atoms with Crippen LogP contribution in [0.1, 0.15) is 38.3 Å². The number of benzene rings is 1. The van der Waals surface area contributed by atoms with Crippen LogP contribution in [0.25, 0.3) is 0 Å². The van der Waals surface area contributed by atoms with Crippen LogP contribution < -0.4 is 5.32 Å². The molecule has 0 aromatic heterocycles. The smallest absolute Gasteiger partial charge is 0.0638 e. The van der Waals surface area contributed by atoms with Gasteiger partial charge in [0.05, 0.1) is 12.5 Å². The number of hydrogen-bond acceptors (Lipinski definition) is 2. The lowest BCUT2D eigenvalue weighted by Crippen LogP contribution is -2.30. The summed E-state index contributed by atoms with van der Waals surface area (Å²) in [5.41, 5.74) is 0.968. The average Bonchev–Trinajstić information content (AvgIpc) is 2.31. The molecule has 0 aliphatic carbocycles. The van der Waals surface area contributed by atoms with Crippen LogP contribution in [-0.4, -0.2) is 6.04 Å². The molecular formula is C13H16Cl2N2. The van der Waals surface area contributed by atoms with E-state index < -0.39 is 0 Å². The molecule has 0 spiro atoms. The summed E-state index contributed by atoms with van der Waals surface area (Å²) in [6.07, 6.45) is 1.41. The van der Waals surface area contributed by atoms with Gasteiger partial charge in [-0.3, -0.25) is 0 Å². The van der Waals surface area contributed by atoms with Crippen molar-refractivity contribution in [3.8, 4) is 6.07 Å². The second kappa shape index (κ2) is 6.86. The van der Waals surface area contributed by atoms with Crippen LogP contribution in [0.5, 0.6) is 0 Å². The Morgan fingerprint density at radius 1 is 1.41 bits per heavy atom. The Bertz CT molecular complexity index is 412. The van der Waals surface area contributed by atoms with Crippen molar-refractivity contribution in [1.29, 1.82) is 5.26 Å². The highest BCUT2D eigenvalue weighted by Crippen LogP contribution is 2.26. The summed E-state index contributed by atoms with van der Waals surface area (Å²) in [7, 11) is 0. The minimum Gasteiger partial charge on any atom is -0.306 e. The van der Waals surface area contributed by atoms with E-state index in [2.05, 4.69) is 18.3 Å². The fraction of sp³-hybridized carbons (Fsp3) is 0.462. The first-order chi connectivity index (χ1) is 8.08. The van der Waals surface area contributed by atoms with Crippen molar-refractivity contribution in [1.82, 2.24) is 5.32 Å². The Morgan fingerprint density at radius 2 is 2.12 bits per heavy atom. The van der Waals surface area contributed by atoms with Gasteiger partial charge in [0, 0.05) is 22.1 Å². The minimum absolute atomic E-state index is 0.0829. The number of halogens is 2. The van der Waals surface area contributed by atoms with Crippen molar-refractivity contribution in [2.24, 2.45) is 0 Å². The first-order valence-corrected chi connectivity index (χ1v) is 6.42. The van der Waals surface area contributed by atoms with Gasteiger partial charge in [0.2, 0.25) is 0 Å². The molecule has 1 aromatic rings. The molecule has 0 amide bonds. The molecule has 1 N–H and O–H groups in total. The fourth-order valence-electron chi connectivity index (χ4n) is 1.72. The second-order valence-electron chi connectivity index (χ2n) is 4.02. The van der Waals surface area contributed by atoms with Gasteiger partial charge < -0.3 is 5.32 Å². The van der Waals surface area contributed by atoms with E-state index in [0.717, 1.165) is 12.0 Å². The van der Waals surface area contributed by atoms with E-state index in [-0.39, 0.29) is 12.1 Å². The van der Waals surface area contributed by atoms with E-state index in [1.165, 1.54) is 0 Å². The monoisotopic (exact) mass is 270 g/mol. The summed E-state index contributed by atoms with van der Waals surface area (Å²) >= 11 is 12.1. The van der Waals surface area contributed by atoms with Gasteiger partial charge in [-0.1, -0.05) is 30.1 Å². The Morgan fingerprint density at radius 3 is 2.71 bits per heavy atom. The van der Waals surface area contributed by atoms with E-state index in [1.807, 2.05) is 13.0 Å². The van der Waals surface area contributed by atoms with E-state index in [9.17, 15) is 0 Å². The largest absolute Gasteiger partial charge is 0.306 e. The first kappa shape index (κ1) is 14.3. The second-order valence-corrected chi connectivity index (χ2v) is 4.87. The highest BCUT2D eigenvalue weighted by molar-refractivity contribution is 6.33. The first-order valence-electron chi connectivity index (χ1n) is 5.66. The molecule has 0 bridgehead atoms. The molecule has 92 valence electrons. The van der Waals surface area contributed by atoms with Crippen LogP contribution in [-0.2, 0) is 0 Å². The summed E-state index contributed by atoms with van der Waals surface area (Å²) in [5.74, 6) is 0. The number of rotatable bonds is 5. The molecule has 1 rings (SSSR count). The molecular weight excluding hydrogens is 255 g/mol. The highest BCUT2D eigenvalue weighted by Gasteiger charge is 2.14. The van der Waals surface area contributed by atoms with Gasteiger partial charge in [0.1, 0.15) is 0 Å². The van der Waals surface area contributed by atoms with Gasteiger partial charge in [-0.25, -0.2) is 0 Å². The molecule has 0 heterocycles. The number of hydrogen-bond donors (Lipinski definition) is 1. The van der Waals surface area contributed by atoms with Gasteiger partial charge >= 0.3 is 0 Å². The fourth-order valence-corrected chi connectivity index (χ4v) is 2.18. The topological polar surface area (TPSA) is 35.8 Å². The maximum absolute atomic E-state index is 8.71. The van der Waals surface area contributed by atoms with Gasteiger partial charge in [0.15, 0.2) is 0 Å². The molecule has 0 aliphatic rings. The quantitative estimate of drug-likeness (QED) is 0.864. The van der Waals surface area contributed by atoms with Crippen LogP contribution in [0, 0.1) is 11.3 Å². The molecule has 0 saturated heterocycles. The average molecular weight is 271 g/mol. The predicted octanol–water partition coefficient (Wildman–Crippen LogP) is 4.34. The van der Waals surface area contributed by atoms with Crippen molar-refractivity contribution in [2.75, 3.05) is 0 Å². The summed E-state index contributed by atoms with van der Waals surface area (Å²) in [6.45, 7) is 4.08. The number of nitriles is 1. The van der Waals surface area contributed by atoms with E-state index in [0.29, 0.717) is 16.5 Å². The molecule has 0 aliphatic heterocycles. The Hall–Kier alpha value is -0.750. The van der Waals surface area contributed by atoms with Crippen LogP contribution in [0.4, 0.5) is 0 Å². The third kappa shape index (κ3) is 4.20. The molecule has 4 heteroatoms. The van der Waals surface area contributed by atoms with Crippen molar-refractivity contribution in [3.63, 3.8) is 0 Å². The Balaban J connectivity index is 2.78. The zero-order valence-electron chi connectivity index (χ0n) is 10.0. The maximum atomic E-state index is 8.71. The van der Waals surface area contributed by atoms with E-state index in [1.54, 1.807) is 12.1 Å². The normalized spacial score (nSPS) is 14.1. The Labute approximate surface area is 113 Å². The Kier molecular flexibility index (Phi) is 5.77. The predicted molar refractivity (Wildman–Crippen MR) is 72.3 cm³/mol. The van der Waals surface area contributed by atoms with Gasteiger partial charge in [0.25, 0.3) is 0 Å².